The van der Waals surface area contributed by atoms with Crippen molar-refractivity contribution in [3.05, 3.63) is 0 Å². The molecule has 0 amide bonds. The Kier molecular flexibility index (Phi) is 8.10. The van der Waals surface area contributed by atoms with Crippen LogP contribution in [0.15, 0.2) is 0 Å². The second-order valence-electron chi connectivity index (χ2n) is 0.303. The predicted octanol–water partition coefficient (Wildman–Crippen LogP) is 2.21. The number of hydrogen-bond acceptors (Lipinski definition) is 1. The van der Waals surface area contributed by atoms with Gasteiger partial charge in [-0.05, 0) is 0 Å². The molecule has 0 aromatic rings. The summed E-state index contributed by atoms with van der Waals surface area (Å²) in [6.07, 6.45) is 0. The molecule has 0 aromatic heterocycles. The van der Waals surface area contributed by atoms with Crippen molar-refractivity contribution in [3.63, 3.8) is 0 Å². The topological polar surface area (TPSA) is 9.23 Å². The zero-order chi connectivity index (χ0) is 4.28. The minimum atomic E-state index is -1.15. The van der Waals surface area contributed by atoms with Crippen LogP contribution in [0.4, 0.5) is 0 Å². The van der Waals surface area contributed by atoms with Crippen molar-refractivity contribution in [2.45, 2.75) is 0 Å². The summed E-state index contributed by atoms with van der Waals surface area (Å²) in [5.74, 6) is 0. The van der Waals surface area contributed by atoms with E-state index in [1.54, 1.807) is 0 Å². The Labute approximate surface area is 72.0 Å². The van der Waals surface area contributed by atoms with Crippen LogP contribution in [0.5, 0.6) is 0 Å². The van der Waals surface area contributed by atoms with Crippen molar-refractivity contribution in [2.24, 2.45) is 0 Å². The molecule has 0 aliphatic heterocycles. The molecule has 0 aliphatic rings. The number of hydrogen-bond donors (Lipinski definition) is 0. The summed E-state index contributed by atoms with van der Waals surface area (Å²) in [5, 5.41) is 0. The maximum absolute atomic E-state index is 4.89. The predicted molar refractivity (Wildman–Crippen MR) is 48.9 cm³/mol. The number of halogens is 3. The zero-order valence-corrected chi connectivity index (χ0v) is 11.4. The Morgan fingerprint density at radius 1 is 1.40 bits per heavy atom. The summed E-state index contributed by atoms with van der Waals surface area (Å²) < 4.78 is 4.89. The molecule has 0 unspecified atom stereocenters. The third kappa shape index (κ3) is 6.95. The molecule has 0 aliphatic carbocycles. The quantitative estimate of drug-likeness (QED) is 0.385. The Morgan fingerprint density at radius 3 is 1.60 bits per heavy atom. The minimum absolute atomic E-state index is 1.15. The van der Waals surface area contributed by atoms with Crippen LogP contribution < -0.4 is 0 Å². The van der Waals surface area contributed by atoms with Gasteiger partial charge in [0.25, 0.3) is 0 Å². The van der Waals surface area contributed by atoms with E-state index in [0.29, 0.717) is 0 Å². The van der Waals surface area contributed by atoms with E-state index in [2.05, 4.69) is 37.3 Å². The van der Waals surface area contributed by atoms with Crippen LogP contribution in [-0.2, 0) is 1.40 Å². The van der Waals surface area contributed by atoms with Crippen molar-refractivity contribution in [1.29, 1.82) is 0 Å². The second-order valence-corrected chi connectivity index (χ2v) is 32.0. The molecule has 0 N–H and O–H groups in total. The summed E-state index contributed by atoms with van der Waals surface area (Å²) in [7, 11) is 0. The first-order valence-electron chi connectivity index (χ1n) is 0.736. The van der Waals surface area contributed by atoms with Crippen LogP contribution in [0.2, 0.25) is 0 Å². The van der Waals surface area contributed by atoms with E-state index < -0.39 is 12.2 Å². The van der Waals surface area contributed by atoms with Gasteiger partial charge < -0.3 is 0 Å². The zero-order valence-electron chi connectivity index (χ0n) is 2.04. The Bertz CT molecular complexity index is 20.9. The molecule has 5 heavy (non-hydrogen) atoms. The van der Waals surface area contributed by atoms with Gasteiger partial charge in [0.1, 0.15) is 0 Å². The molecule has 0 spiro atoms. The van der Waals surface area contributed by atoms with Gasteiger partial charge in [-0.1, -0.05) is 0 Å². The Morgan fingerprint density at radius 2 is 1.60 bits per heavy atom. The van der Waals surface area contributed by atoms with Gasteiger partial charge in [0.15, 0.2) is 0 Å². The molecule has 1 radical (unpaired) electrons. The molecule has 0 saturated carbocycles. The molecule has 1 nitrogen and oxygen atoms in total. The third-order valence-corrected chi connectivity index (χ3v) is 17.6. The molecule has 0 heterocycles. The normalized spacial score (nSPS) is 9.60. The van der Waals surface area contributed by atoms with Gasteiger partial charge in [-0.25, -0.2) is 0 Å². The van der Waals surface area contributed by atoms with Crippen molar-refractivity contribution in [3.8, 4) is 0 Å². The fraction of sp³-hybridized carbons (Fsp3) is 0. The van der Waals surface area contributed by atoms with Crippen LogP contribution in [0.25, 0.3) is 0 Å². The van der Waals surface area contributed by atoms with Crippen LogP contribution in [0.3, 0.4) is 0 Å². The van der Waals surface area contributed by atoms with Crippen LogP contribution in [0, 0.1) is 0 Å². The monoisotopic (exact) mass is 517 g/mol. The van der Waals surface area contributed by atoms with E-state index in [4.69, 9.17) is 1.40 Å². The van der Waals surface area contributed by atoms with Crippen LogP contribution in [0.1, 0.15) is 0 Å². The van der Waals surface area contributed by atoms with Crippen LogP contribution in [-0.4, -0.2) is 12.2 Å². The van der Waals surface area contributed by atoms with Crippen molar-refractivity contribution in [1.82, 2.24) is 0 Å². The molecule has 0 saturated heterocycles. The molecule has 0 bridgehead atoms. The SMILES string of the molecule is I[O][Sn]([I])[I]. The summed E-state index contributed by atoms with van der Waals surface area (Å²) in [6, 6.07) is 0. The van der Waals surface area contributed by atoms with Gasteiger partial charge in [0.2, 0.25) is 0 Å². The van der Waals surface area contributed by atoms with Gasteiger partial charge in [-0.2, -0.15) is 0 Å². The summed E-state index contributed by atoms with van der Waals surface area (Å²) in [4.78, 5) is 0. The molecule has 31 valence electrons. The van der Waals surface area contributed by atoms with E-state index in [0.717, 1.165) is 0 Å². The average molecular weight is 515 g/mol. The molecule has 0 fully saturated rings. The Hall–Kier alpha value is 2.95. The molecule has 0 aromatic carbocycles. The first-order chi connectivity index (χ1) is 2.27. The molecular weight excluding hydrogens is 515 g/mol. The first-order valence-corrected chi connectivity index (χ1v) is 19.4. The first kappa shape index (κ1) is 7.95. The molecule has 0 atom stereocenters. The standard InChI is InChI=1S/IO.2HI.Sn/c1-2;;;/h;2*1H;/q-1;;;+3/p-2. The van der Waals surface area contributed by atoms with E-state index >= 15 is 0 Å². The summed E-state index contributed by atoms with van der Waals surface area (Å²) in [5.41, 5.74) is 0. The van der Waals surface area contributed by atoms with E-state index in [-0.39, 0.29) is 0 Å². The van der Waals surface area contributed by atoms with Crippen LogP contribution >= 0.6 is 60.3 Å². The van der Waals surface area contributed by atoms with Gasteiger partial charge in [0, 0.05) is 0 Å². The van der Waals surface area contributed by atoms with E-state index in [1.165, 1.54) is 0 Å². The molecule has 0 rings (SSSR count). The molecule has 5 heteroatoms. The van der Waals surface area contributed by atoms with E-state index in [9.17, 15) is 0 Å². The van der Waals surface area contributed by atoms with Gasteiger partial charge in [0.05, 0.1) is 0 Å². The fourth-order valence-corrected chi connectivity index (χ4v) is 0. The maximum atomic E-state index is 4.89. The van der Waals surface area contributed by atoms with Gasteiger partial charge >= 0.3 is 73.9 Å². The van der Waals surface area contributed by atoms with Crippen molar-refractivity contribution >= 4 is 72.5 Å². The van der Waals surface area contributed by atoms with E-state index in [1.807, 2.05) is 23.0 Å². The summed E-state index contributed by atoms with van der Waals surface area (Å²) in [6.45, 7) is 0. The Balaban J connectivity index is 2.54. The third-order valence-electron chi connectivity index (χ3n) is 0.0583. The number of rotatable bonds is 1. The summed E-state index contributed by atoms with van der Waals surface area (Å²) >= 11 is 5.52. The average Bonchev–Trinajstić information content (AvgIpc) is 1.38. The van der Waals surface area contributed by atoms with Gasteiger partial charge in [-0.15, -0.1) is 0 Å². The second kappa shape index (κ2) is 5.09. The fourth-order valence-electron chi connectivity index (χ4n) is 0. The molecular formula is I3OSn. The van der Waals surface area contributed by atoms with Crippen molar-refractivity contribution < 1.29 is 1.40 Å². The van der Waals surface area contributed by atoms with Crippen molar-refractivity contribution in [2.75, 3.05) is 0 Å². The van der Waals surface area contributed by atoms with Gasteiger partial charge in [-0.3, -0.25) is 0 Å².